The third kappa shape index (κ3) is 3.54. The second-order valence-electron chi connectivity index (χ2n) is 2.43. The van der Waals surface area contributed by atoms with Crippen LogP contribution < -0.4 is 5.32 Å². The van der Waals surface area contributed by atoms with E-state index in [9.17, 15) is 0 Å². The molecule has 0 unspecified atom stereocenters. The summed E-state index contributed by atoms with van der Waals surface area (Å²) in [6.45, 7) is 0. The Bertz CT molecular complexity index is 276. The number of anilines is 1. The first-order valence-electron chi connectivity index (χ1n) is 3.75. The Hall–Kier alpha value is -0.260. The van der Waals surface area contributed by atoms with E-state index in [4.69, 9.17) is 12.2 Å². The number of nitrogens with zero attached hydrogens (tertiary/aromatic N) is 1. The minimum atomic E-state index is -0.0171. The monoisotopic (exact) mass is 230 g/mol. The first kappa shape index (κ1) is 10.8. The summed E-state index contributed by atoms with van der Waals surface area (Å²) < 4.78 is 0.598. The van der Waals surface area contributed by atoms with Gasteiger partial charge >= 0.3 is 0 Å². The van der Waals surface area contributed by atoms with Crippen molar-refractivity contribution in [1.29, 1.82) is 0 Å². The van der Waals surface area contributed by atoms with Crippen molar-refractivity contribution in [1.82, 2.24) is 4.98 Å². The molecule has 0 amide bonds. The lowest BCUT2D eigenvalue weighted by molar-refractivity contribution is 1.07. The molecule has 1 aromatic rings. The van der Waals surface area contributed by atoms with Gasteiger partial charge in [0.05, 0.1) is 10.2 Å². The van der Waals surface area contributed by atoms with Crippen molar-refractivity contribution in [3.8, 4) is 0 Å². The molecule has 0 spiro atoms. The molecule has 1 rings (SSSR count). The highest BCUT2D eigenvalue weighted by molar-refractivity contribution is 8.11. The largest absolute Gasteiger partial charge is 0.361 e. The molecule has 0 bridgehead atoms. The summed E-state index contributed by atoms with van der Waals surface area (Å²) in [6.07, 6.45) is 1.72. The lowest BCUT2D eigenvalue weighted by atomic mass is 10.3. The Kier molecular flexibility index (Phi) is 4.55. The van der Waals surface area contributed by atoms with Gasteiger partial charge in [-0.3, -0.25) is 0 Å². The fourth-order valence-corrected chi connectivity index (χ4v) is 1.65. The summed E-state index contributed by atoms with van der Waals surface area (Å²) in [5.74, 6) is 1.40. The van der Waals surface area contributed by atoms with Gasteiger partial charge in [0.1, 0.15) is 5.82 Å². The van der Waals surface area contributed by atoms with Crippen LogP contribution in [-0.2, 0) is 0 Å². The summed E-state index contributed by atoms with van der Waals surface area (Å²) in [7, 11) is 0. The number of rotatable bonds is 4. The van der Waals surface area contributed by atoms with Crippen LogP contribution in [0.2, 0.25) is 0 Å². The summed E-state index contributed by atoms with van der Waals surface area (Å²) in [6, 6.07) is 5.63. The topological polar surface area (TPSA) is 24.9 Å². The van der Waals surface area contributed by atoms with Crippen LogP contribution in [0.3, 0.4) is 0 Å². The zero-order valence-corrected chi connectivity index (χ0v) is 9.45. The average Bonchev–Trinajstić information content (AvgIpc) is 2.15. The maximum Gasteiger partial charge on any atom is 0.126 e. The molecule has 70 valence electrons. The van der Waals surface area contributed by atoms with Crippen LogP contribution in [0.1, 0.15) is 0 Å². The number of pyridine rings is 1. The first-order valence-corrected chi connectivity index (χ1v) is 5.24. The number of hydrogen-bond acceptors (Lipinski definition) is 4. The van der Waals surface area contributed by atoms with Gasteiger partial charge in [-0.2, -0.15) is 12.6 Å². The fourth-order valence-electron chi connectivity index (χ4n) is 0.812. The Morgan fingerprint density at radius 2 is 2.38 bits per heavy atom. The molecular weight excluding hydrogens is 220 g/mol. The van der Waals surface area contributed by atoms with E-state index < -0.39 is 0 Å². The molecule has 1 N–H and O–H groups in total. The van der Waals surface area contributed by atoms with E-state index in [-0.39, 0.29) is 6.04 Å². The molecule has 0 saturated heterocycles. The number of thiol groups is 2. The Morgan fingerprint density at radius 1 is 1.62 bits per heavy atom. The van der Waals surface area contributed by atoms with Gasteiger partial charge in [0, 0.05) is 11.9 Å². The number of nitrogens with one attached hydrogen (secondary N) is 1. The van der Waals surface area contributed by atoms with Crippen molar-refractivity contribution in [2.75, 3.05) is 11.1 Å². The second-order valence-corrected chi connectivity index (χ2v) is 4.02. The second kappa shape index (κ2) is 5.47. The van der Waals surface area contributed by atoms with E-state index in [1.807, 2.05) is 18.2 Å². The van der Waals surface area contributed by atoms with E-state index in [0.29, 0.717) is 9.95 Å². The van der Waals surface area contributed by atoms with Crippen molar-refractivity contribution in [3.63, 3.8) is 0 Å². The quantitative estimate of drug-likeness (QED) is 0.545. The maximum absolute atomic E-state index is 4.94. The summed E-state index contributed by atoms with van der Waals surface area (Å²) in [5, 5.41) is 3.12. The lowest BCUT2D eigenvalue weighted by Gasteiger charge is -2.14. The predicted molar refractivity (Wildman–Crippen MR) is 67.1 cm³/mol. The lowest BCUT2D eigenvalue weighted by Crippen LogP contribution is -2.27. The molecule has 1 aromatic heterocycles. The van der Waals surface area contributed by atoms with Gasteiger partial charge in [0.2, 0.25) is 0 Å². The van der Waals surface area contributed by atoms with Crippen LogP contribution in [0.5, 0.6) is 0 Å². The summed E-state index contributed by atoms with van der Waals surface area (Å²) >= 11 is 13.2. The van der Waals surface area contributed by atoms with Crippen molar-refractivity contribution >= 4 is 47.5 Å². The molecule has 5 heteroatoms. The van der Waals surface area contributed by atoms with Crippen LogP contribution in [-0.4, -0.2) is 21.0 Å². The van der Waals surface area contributed by atoms with Crippen molar-refractivity contribution in [3.05, 3.63) is 24.4 Å². The number of aromatic nitrogens is 1. The SMILES string of the molecule is S=C(S)[C@H](CS)Nc1ccccn1. The zero-order valence-electron chi connectivity index (χ0n) is 6.84. The van der Waals surface area contributed by atoms with E-state index >= 15 is 0 Å². The zero-order chi connectivity index (χ0) is 9.68. The first-order chi connectivity index (χ1) is 6.24. The summed E-state index contributed by atoms with van der Waals surface area (Å²) in [5.41, 5.74) is 0. The molecule has 1 heterocycles. The van der Waals surface area contributed by atoms with Crippen molar-refractivity contribution in [2.45, 2.75) is 6.04 Å². The van der Waals surface area contributed by atoms with Crippen molar-refractivity contribution in [2.24, 2.45) is 0 Å². The van der Waals surface area contributed by atoms with Crippen LogP contribution >= 0.6 is 37.5 Å². The van der Waals surface area contributed by atoms with E-state index in [1.165, 1.54) is 0 Å². The van der Waals surface area contributed by atoms with Gasteiger partial charge in [0.25, 0.3) is 0 Å². The summed E-state index contributed by atoms with van der Waals surface area (Å²) in [4.78, 5) is 4.11. The van der Waals surface area contributed by atoms with Crippen LogP contribution in [0, 0.1) is 0 Å². The molecule has 1 atom stereocenters. The normalized spacial score (nSPS) is 12.2. The van der Waals surface area contributed by atoms with Crippen LogP contribution in [0.25, 0.3) is 0 Å². The van der Waals surface area contributed by atoms with E-state index in [1.54, 1.807) is 6.20 Å². The highest BCUT2D eigenvalue weighted by Gasteiger charge is 2.08. The average molecular weight is 230 g/mol. The molecule has 0 fully saturated rings. The molecule has 2 nitrogen and oxygen atoms in total. The highest BCUT2D eigenvalue weighted by Crippen LogP contribution is 2.06. The van der Waals surface area contributed by atoms with Crippen molar-refractivity contribution < 1.29 is 0 Å². The van der Waals surface area contributed by atoms with E-state index in [2.05, 4.69) is 35.6 Å². The van der Waals surface area contributed by atoms with E-state index in [0.717, 1.165) is 5.82 Å². The van der Waals surface area contributed by atoms with Crippen LogP contribution in [0.15, 0.2) is 24.4 Å². The molecule has 0 aliphatic rings. The van der Waals surface area contributed by atoms with Gasteiger partial charge in [-0.1, -0.05) is 18.3 Å². The minimum absolute atomic E-state index is 0.0171. The standard InChI is InChI=1S/C8H10N2S3/c11-5-6(8(12)13)10-7-3-1-2-4-9-7/h1-4,6,11H,5H2,(H,9,10)(H,12,13)/t6-/m0/s1. The Morgan fingerprint density at radius 3 is 2.85 bits per heavy atom. The molecule has 0 saturated carbocycles. The third-order valence-electron chi connectivity index (χ3n) is 1.47. The fraction of sp³-hybridized carbons (Fsp3) is 0.250. The number of hydrogen-bond donors (Lipinski definition) is 3. The molecule has 13 heavy (non-hydrogen) atoms. The minimum Gasteiger partial charge on any atom is -0.361 e. The Balaban J connectivity index is 2.62. The van der Waals surface area contributed by atoms with Gasteiger partial charge in [-0.25, -0.2) is 4.98 Å². The smallest absolute Gasteiger partial charge is 0.126 e. The molecule has 0 radical (unpaired) electrons. The van der Waals surface area contributed by atoms with Gasteiger partial charge in [0.15, 0.2) is 0 Å². The predicted octanol–water partition coefficient (Wildman–Crippen LogP) is 2.05. The Labute approximate surface area is 94.0 Å². The van der Waals surface area contributed by atoms with Crippen LogP contribution in [0.4, 0.5) is 5.82 Å². The van der Waals surface area contributed by atoms with Gasteiger partial charge in [-0.15, -0.1) is 12.6 Å². The van der Waals surface area contributed by atoms with Gasteiger partial charge < -0.3 is 5.32 Å². The molecule has 0 aromatic carbocycles. The van der Waals surface area contributed by atoms with Gasteiger partial charge in [-0.05, 0) is 12.1 Å². The molecular formula is C8H10N2S3. The molecule has 0 aliphatic carbocycles. The number of thiocarbonyl (C=S) groups is 1. The highest BCUT2D eigenvalue weighted by atomic mass is 32.1. The maximum atomic E-state index is 4.94. The third-order valence-corrected chi connectivity index (χ3v) is 2.43. The molecule has 0 aliphatic heterocycles.